The maximum absolute atomic E-state index is 12.3. The average molecular weight is 304 g/mol. The van der Waals surface area contributed by atoms with Crippen LogP contribution >= 0.6 is 0 Å². The second kappa shape index (κ2) is 5.61. The van der Waals surface area contributed by atoms with Crippen LogP contribution in [0.15, 0.2) is 9.59 Å². The molecule has 2 fully saturated rings. The third-order valence-corrected chi connectivity index (χ3v) is 4.75. The highest BCUT2D eigenvalue weighted by Crippen LogP contribution is 2.32. The molecule has 0 N–H and O–H groups in total. The standard InChI is InChI=1S/C15H20N4O3/c1-17-13(10(9-16)14(20)18(2)15(17)21)19-7-8-22-12-6-4-3-5-11(12)19/h11-12H,3-8H2,1-2H3/t11-,12+/m0/s1. The van der Waals surface area contributed by atoms with Crippen LogP contribution in [0.4, 0.5) is 5.82 Å². The lowest BCUT2D eigenvalue weighted by Gasteiger charge is -2.45. The van der Waals surface area contributed by atoms with Gasteiger partial charge in [-0.05, 0) is 12.8 Å². The Morgan fingerprint density at radius 1 is 1.18 bits per heavy atom. The van der Waals surface area contributed by atoms with Crippen molar-refractivity contribution in [2.75, 3.05) is 18.1 Å². The van der Waals surface area contributed by atoms with E-state index in [0.29, 0.717) is 19.0 Å². The van der Waals surface area contributed by atoms with Gasteiger partial charge in [0.25, 0.3) is 5.56 Å². The molecule has 0 bridgehead atoms. The summed E-state index contributed by atoms with van der Waals surface area (Å²) in [4.78, 5) is 26.5. The Hall–Kier alpha value is -2.07. The number of nitrogens with zero attached hydrogens (tertiary/aromatic N) is 4. The summed E-state index contributed by atoms with van der Waals surface area (Å²) in [7, 11) is 3.02. The van der Waals surface area contributed by atoms with E-state index in [1.807, 2.05) is 11.0 Å². The largest absolute Gasteiger partial charge is 0.374 e. The summed E-state index contributed by atoms with van der Waals surface area (Å²) < 4.78 is 8.24. The molecule has 1 saturated carbocycles. The number of hydrogen-bond acceptors (Lipinski definition) is 5. The molecule has 0 unspecified atom stereocenters. The molecule has 0 amide bonds. The summed E-state index contributed by atoms with van der Waals surface area (Å²) in [5, 5.41) is 9.43. The molecule has 1 aliphatic carbocycles. The van der Waals surface area contributed by atoms with Crippen LogP contribution in [0.3, 0.4) is 0 Å². The van der Waals surface area contributed by atoms with Crippen LogP contribution in [0.5, 0.6) is 0 Å². The van der Waals surface area contributed by atoms with Gasteiger partial charge in [0.05, 0.1) is 18.8 Å². The minimum absolute atomic E-state index is 0.0378. The molecule has 7 nitrogen and oxygen atoms in total. The van der Waals surface area contributed by atoms with E-state index < -0.39 is 11.2 Å². The minimum Gasteiger partial charge on any atom is -0.374 e. The van der Waals surface area contributed by atoms with Crippen molar-refractivity contribution in [3.63, 3.8) is 0 Å². The number of rotatable bonds is 1. The van der Waals surface area contributed by atoms with E-state index in [9.17, 15) is 14.9 Å². The Bertz CT molecular complexity index is 741. The Morgan fingerprint density at radius 2 is 1.91 bits per heavy atom. The maximum Gasteiger partial charge on any atom is 0.332 e. The maximum atomic E-state index is 12.3. The Kier molecular flexibility index (Phi) is 3.79. The summed E-state index contributed by atoms with van der Waals surface area (Å²) >= 11 is 0. The van der Waals surface area contributed by atoms with Gasteiger partial charge in [-0.15, -0.1) is 0 Å². The van der Waals surface area contributed by atoms with Gasteiger partial charge in [-0.3, -0.25) is 13.9 Å². The molecule has 7 heteroatoms. The van der Waals surface area contributed by atoms with Gasteiger partial charge in [0, 0.05) is 20.6 Å². The SMILES string of the molecule is Cn1c(N2CCO[C@@H]3CCCC[C@@H]32)c(C#N)c(=O)n(C)c1=O. The van der Waals surface area contributed by atoms with Crippen LogP contribution in [-0.2, 0) is 18.8 Å². The minimum atomic E-state index is -0.528. The van der Waals surface area contributed by atoms with Crippen molar-refractivity contribution in [2.24, 2.45) is 14.1 Å². The molecule has 1 aliphatic heterocycles. The average Bonchev–Trinajstić information content (AvgIpc) is 2.55. The zero-order valence-electron chi connectivity index (χ0n) is 12.9. The lowest BCUT2D eigenvalue weighted by molar-refractivity contribution is -0.00930. The fourth-order valence-electron chi connectivity index (χ4n) is 3.63. The molecule has 22 heavy (non-hydrogen) atoms. The van der Waals surface area contributed by atoms with Gasteiger partial charge in [0.15, 0.2) is 5.56 Å². The molecule has 0 radical (unpaired) electrons. The van der Waals surface area contributed by atoms with Crippen molar-refractivity contribution in [3.05, 3.63) is 26.4 Å². The fraction of sp³-hybridized carbons (Fsp3) is 0.667. The van der Waals surface area contributed by atoms with Crippen LogP contribution < -0.4 is 16.1 Å². The van der Waals surface area contributed by atoms with Gasteiger partial charge < -0.3 is 9.64 Å². The Labute approximate surface area is 128 Å². The summed E-state index contributed by atoms with van der Waals surface area (Å²) in [6.07, 6.45) is 4.30. The van der Waals surface area contributed by atoms with Crippen LogP contribution in [0.2, 0.25) is 0 Å². The molecule has 2 heterocycles. The number of ether oxygens (including phenoxy) is 1. The number of nitriles is 1. The predicted octanol–water partition coefficient (Wildman–Crippen LogP) is 0.103. The van der Waals surface area contributed by atoms with Gasteiger partial charge in [-0.25, -0.2) is 4.79 Å². The van der Waals surface area contributed by atoms with Crippen molar-refractivity contribution in [2.45, 2.75) is 37.8 Å². The van der Waals surface area contributed by atoms with E-state index in [1.54, 1.807) is 7.05 Å². The number of hydrogen-bond donors (Lipinski definition) is 0. The second-order valence-corrected chi connectivity index (χ2v) is 5.97. The molecule has 1 aromatic heterocycles. The van der Waals surface area contributed by atoms with E-state index in [4.69, 9.17) is 4.74 Å². The molecule has 1 aromatic rings. The number of morpholine rings is 1. The lowest BCUT2D eigenvalue weighted by atomic mass is 9.90. The second-order valence-electron chi connectivity index (χ2n) is 5.97. The van der Waals surface area contributed by atoms with Crippen molar-refractivity contribution in [1.29, 1.82) is 5.26 Å². The van der Waals surface area contributed by atoms with E-state index in [-0.39, 0.29) is 17.7 Å². The quantitative estimate of drug-likeness (QED) is 0.735. The first-order valence-electron chi connectivity index (χ1n) is 7.64. The Balaban J connectivity index is 2.17. The zero-order chi connectivity index (χ0) is 15.9. The molecule has 2 aliphatic rings. The molecule has 2 atom stereocenters. The third kappa shape index (κ3) is 2.15. The summed E-state index contributed by atoms with van der Waals surface area (Å²) in [5.41, 5.74) is -0.895. The first kappa shape index (κ1) is 14.9. The van der Waals surface area contributed by atoms with E-state index in [0.717, 1.165) is 30.3 Å². The smallest absolute Gasteiger partial charge is 0.332 e. The van der Waals surface area contributed by atoms with Gasteiger partial charge in [-0.2, -0.15) is 5.26 Å². The Morgan fingerprint density at radius 3 is 2.64 bits per heavy atom. The van der Waals surface area contributed by atoms with E-state index in [2.05, 4.69) is 0 Å². The van der Waals surface area contributed by atoms with Crippen molar-refractivity contribution in [3.8, 4) is 6.07 Å². The van der Waals surface area contributed by atoms with Gasteiger partial charge >= 0.3 is 5.69 Å². The van der Waals surface area contributed by atoms with Gasteiger partial charge in [-0.1, -0.05) is 12.8 Å². The number of fused-ring (bicyclic) bond motifs is 1. The fourth-order valence-corrected chi connectivity index (χ4v) is 3.63. The highest BCUT2D eigenvalue weighted by Gasteiger charge is 2.37. The highest BCUT2D eigenvalue weighted by molar-refractivity contribution is 5.54. The first-order chi connectivity index (χ1) is 10.6. The number of aromatic nitrogens is 2. The van der Waals surface area contributed by atoms with Crippen LogP contribution in [-0.4, -0.2) is 34.4 Å². The topological polar surface area (TPSA) is 80.3 Å². The van der Waals surface area contributed by atoms with Gasteiger partial charge in [0.2, 0.25) is 0 Å². The number of anilines is 1. The summed E-state index contributed by atoms with van der Waals surface area (Å²) in [6, 6.07) is 2.12. The van der Waals surface area contributed by atoms with Crippen LogP contribution in [0.25, 0.3) is 0 Å². The predicted molar refractivity (Wildman–Crippen MR) is 81.0 cm³/mol. The molecule has 118 valence electrons. The summed E-state index contributed by atoms with van der Waals surface area (Å²) in [6.45, 7) is 1.14. The summed E-state index contributed by atoms with van der Waals surface area (Å²) in [5.74, 6) is 0.441. The third-order valence-electron chi connectivity index (χ3n) is 4.75. The van der Waals surface area contributed by atoms with Crippen molar-refractivity contribution < 1.29 is 4.74 Å². The van der Waals surface area contributed by atoms with Crippen molar-refractivity contribution in [1.82, 2.24) is 9.13 Å². The van der Waals surface area contributed by atoms with Gasteiger partial charge in [0.1, 0.15) is 11.9 Å². The zero-order valence-corrected chi connectivity index (χ0v) is 12.9. The van der Waals surface area contributed by atoms with Crippen LogP contribution in [0.1, 0.15) is 31.2 Å². The first-order valence-corrected chi connectivity index (χ1v) is 7.64. The molecule has 3 rings (SSSR count). The molecular weight excluding hydrogens is 284 g/mol. The monoisotopic (exact) mass is 304 g/mol. The molecule has 0 aromatic carbocycles. The molecular formula is C15H20N4O3. The normalized spacial score (nSPS) is 24.7. The lowest BCUT2D eigenvalue weighted by Crippen LogP contribution is -2.55. The van der Waals surface area contributed by atoms with E-state index in [1.165, 1.54) is 11.6 Å². The molecule has 0 spiro atoms. The molecule has 1 saturated heterocycles. The highest BCUT2D eigenvalue weighted by atomic mass is 16.5. The van der Waals surface area contributed by atoms with Crippen molar-refractivity contribution >= 4 is 5.82 Å². The van der Waals surface area contributed by atoms with E-state index >= 15 is 0 Å². The van der Waals surface area contributed by atoms with Crippen LogP contribution in [0, 0.1) is 11.3 Å².